The predicted octanol–water partition coefficient (Wildman–Crippen LogP) is 4.60. The number of thioether (sulfide) groups is 1. The minimum Gasteiger partial charge on any atom is -0.481 e. The minimum atomic E-state index is -0.484. The van der Waals surface area contributed by atoms with Crippen LogP contribution in [-0.2, 0) is 12.4 Å². The Morgan fingerprint density at radius 2 is 2.14 bits per heavy atom. The third kappa shape index (κ3) is 4.57. The first-order chi connectivity index (χ1) is 13.4. The lowest BCUT2D eigenvalue weighted by Gasteiger charge is -2.16. The molecule has 0 amide bonds. The SMILES string of the molecule is CCn1c(SCn2cc([N+](=O)[O-])cn2)nnc1C(C)Oc1ccc(Cl)cc1Cl. The first-order valence-electron chi connectivity index (χ1n) is 8.23. The molecule has 2 aromatic heterocycles. The standard InChI is InChI=1S/C16H16Cl2N6O3S/c1-3-23-15(10(2)27-14-5-4-11(17)6-13(14)18)20-21-16(23)28-9-22-8-12(7-19-22)24(25)26/h4-8,10H,3,9H2,1-2H3. The van der Waals surface area contributed by atoms with Crippen molar-refractivity contribution in [1.29, 1.82) is 0 Å². The smallest absolute Gasteiger partial charge is 0.307 e. The topological polar surface area (TPSA) is 101 Å². The molecule has 0 fully saturated rings. The molecular weight excluding hydrogens is 427 g/mol. The Bertz CT molecular complexity index is 993. The summed E-state index contributed by atoms with van der Waals surface area (Å²) in [5, 5.41) is 24.8. The number of nitro groups is 1. The van der Waals surface area contributed by atoms with Gasteiger partial charge in [0.1, 0.15) is 18.1 Å². The van der Waals surface area contributed by atoms with Crippen LogP contribution in [-0.4, -0.2) is 29.5 Å². The van der Waals surface area contributed by atoms with E-state index in [0.717, 1.165) is 0 Å². The molecule has 9 nitrogen and oxygen atoms in total. The summed E-state index contributed by atoms with van der Waals surface area (Å²) in [7, 11) is 0. The Balaban J connectivity index is 1.72. The van der Waals surface area contributed by atoms with Crippen LogP contribution in [0.4, 0.5) is 5.69 Å². The summed E-state index contributed by atoms with van der Waals surface area (Å²) in [6.45, 7) is 4.45. The third-order valence-corrected chi connectivity index (χ3v) is 5.26. The molecule has 0 N–H and O–H groups in total. The summed E-state index contributed by atoms with van der Waals surface area (Å²) < 4.78 is 9.31. The monoisotopic (exact) mass is 442 g/mol. The molecule has 2 heterocycles. The van der Waals surface area contributed by atoms with E-state index in [4.69, 9.17) is 27.9 Å². The molecule has 12 heteroatoms. The van der Waals surface area contributed by atoms with Crippen LogP contribution in [0.2, 0.25) is 10.0 Å². The highest BCUT2D eigenvalue weighted by Crippen LogP contribution is 2.32. The average Bonchev–Trinajstić information content (AvgIpc) is 3.28. The normalized spacial score (nSPS) is 12.1. The van der Waals surface area contributed by atoms with E-state index in [1.807, 2.05) is 18.4 Å². The van der Waals surface area contributed by atoms with Gasteiger partial charge in [-0.3, -0.25) is 14.8 Å². The van der Waals surface area contributed by atoms with Crippen LogP contribution >= 0.6 is 35.0 Å². The third-order valence-electron chi connectivity index (χ3n) is 3.78. The van der Waals surface area contributed by atoms with Gasteiger partial charge in [0.15, 0.2) is 17.1 Å². The van der Waals surface area contributed by atoms with E-state index in [9.17, 15) is 10.1 Å². The summed E-state index contributed by atoms with van der Waals surface area (Å²) in [6.07, 6.45) is 2.18. The molecule has 3 aromatic rings. The Kier molecular flexibility index (Phi) is 6.42. The number of ether oxygens (including phenoxy) is 1. The highest BCUT2D eigenvalue weighted by atomic mass is 35.5. The van der Waals surface area contributed by atoms with E-state index >= 15 is 0 Å². The van der Waals surface area contributed by atoms with Gasteiger partial charge in [-0.15, -0.1) is 10.2 Å². The van der Waals surface area contributed by atoms with Crippen LogP contribution in [0.3, 0.4) is 0 Å². The zero-order valence-electron chi connectivity index (χ0n) is 15.0. The molecule has 0 spiro atoms. The van der Waals surface area contributed by atoms with Gasteiger partial charge < -0.3 is 9.30 Å². The number of aromatic nitrogens is 5. The van der Waals surface area contributed by atoms with E-state index in [-0.39, 0.29) is 5.69 Å². The summed E-state index contributed by atoms with van der Waals surface area (Å²) in [5.74, 6) is 1.51. The van der Waals surface area contributed by atoms with Crippen LogP contribution < -0.4 is 4.74 Å². The second-order valence-electron chi connectivity index (χ2n) is 5.69. The van der Waals surface area contributed by atoms with Gasteiger partial charge in [-0.2, -0.15) is 5.10 Å². The maximum atomic E-state index is 10.7. The van der Waals surface area contributed by atoms with Crippen LogP contribution in [0, 0.1) is 10.1 Å². The molecule has 0 aliphatic rings. The molecule has 28 heavy (non-hydrogen) atoms. The average molecular weight is 443 g/mol. The fourth-order valence-corrected chi connectivity index (χ4v) is 3.78. The molecule has 3 rings (SSSR count). The molecule has 0 bridgehead atoms. The van der Waals surface area contributed by atoms with Gasteiger partial charge in [0.25, 0.3) is 0 Å². The van der Waals surface area contributed by atoms with Crippen molar-refractivity contribution in [3.05, 3.63) is 56.6 Å². The number of benzene rings is 1. The van der Waals surface area contributed by atoms with Crippen molar-refractivity contribution in [1.82, 2.24) is 24.5 Å². The van der Waals surface area contributed by atoms with Crippen molar-refractivity contribution in [2.75, 3.05) is 0 Å². The van der Waals surface area contributed by atoms with E-state index in [1.165, 1.54) is 28.8 Å². The molecule has 1 atom stereocenters. The Morgan fingerprint density at radius 1 is 1.36 bits per heavy atom. The van der Waals surface area contributed by atoms with E-state index in [1.54, 1.807) is 18.2 Å². The number of halogens is 2. The van der Waals surface area contributed by atoms with Crippen molar-refractivity contribution in [3.63, 3.8) is 0 Å². The van der Waals surface area contributed by atoms with Gasteiger partial charge in [-0.25, -0.2) is 0 Å². The van der Waals surface area contributed by atoms with Crippen molar-refractivity contribution in [2.24, 2.45) is 0 Å². The summed E-state index contributed by atoms with van der Waals surface area (Å²) >= 11 is 13.4. The first-order valence-corrected chi connectivity index (χ1v) is 9.97. The van der Waals surface area contributed by atoms with Crippen LogP contribution in [0.15, 0.2) is 35.7 Å². The van der Waals surface area contributed by atoms with Crippen LogP contribution in [0.5, 0.6) is 5.75 Å². The number of nitrogens with zero attached hydrogens (tertiary/aromatic N) is 6. The molecule has 0 aliphatic carbocycles. The van der Waals surface area contributed by atoms with Crippen molar-refractivity contribution in [2.45, 2.75) is 37.5 Å². The maximum Gasteiger partial charge on any atom is 0.307 e. The minimum absolute atomic E-state index is 0.0555. The molecule has 0 radical (unpaired) electrons. The van der Waals surface area contributed by atoms with E-state index in [2.05, 4.69) is 15.3 Å². The van der Waals surface area contributed by atoms with Gasteiger partial charge in [0.2, 0.25) is 0 Å². The fourth-order valence-electron chi connectivity index (χ4n) is 2.46. The maximum absolute atomic E-state index is 10.7. The largest absolute Gasteiger partial charge is 0.481 e. The number of rotatable bonds is 8. The molecule has 148 valence electrons. The predicted molar refractivity (Wildman–Crippen MR) is 106 cm³/mol. The Labute approximate surface area is 174 Å². The first kappa shape index (κ1) is 20.4. The zero-order valence-corrected chi connectivity index (χ0v) is 17.3. The molecule has 1 unspecified atom stereocenters. The quantitative estimate of drug-likeness (QED) is 0.285. The molecule has 0 saturated carbocycles. The van der Waals surface area contributed by atoms with Crippen molar-refractivity contribution < 1.29 is 9.66 Å². The lowest BCUT2D eigenvalue weighted by Crippen LogP contribution is -2.12. The number of hydrogen-bond donors (Lipinski definition) is 0. The highest BCUT2D eigenvalue weighted by Gasteiger charge is 2.20. The lowest BCUT2D eigenvalue weighted by atomic mass is 10.3. The van der Waals surface area contributed by atoms with Crippen LogP contribution in [0.25, 0.3) is 0 Å². The summed E-state index contributed by atoms with van der Waals surface area (Å²) in [6, 6.07) is 5.01. The fraction of sp³-hybridized carbons (Fsp3) is 0.312. The second kappa shape index (κ2) is 8.80. The zero-order chi connectivity index (χ0) is 20.3. The lowest BCUT2D eigenvalue weighted by molar-refractivity contribution is -0.385. The van der Waals surface area contributed by atoms with Gasteiger partial charge >= 0.3 is 5.69 Å². The van der Waals surface area contributed by atoms with Crippen molar-refractivity contribution >= 4 is 40.7 Å². The molecular formula is C16H16Cl2N6O3S. The summed E-state index contributed by atoms with van der Waals surface area (Å²) in [4.78, 5) is 10.3. The molecule has 0 saturated heterocycles. The molecule has 0 aliphatic heterocycles. The highest BCUT2D eigenvalue weighted by molar-refractivity contribution is 7.98. The van der Waals surface area contributed by atoms with Gasteiger partial charge in [0, 0.05) is 11.6 Å². The van der Waals surface area contributed by atoms with Crippen LogP contribution in [0.1, 0.15) is 25.8 Å². The number of hydrogen-bond acceptors (Lipinski definition) is 7. The summed E-state index contributed by atoms with van der Waals surface area (Å²) in [5.41, 5.74) is -0.0555. The molecule has 1 aromatic carbocycles. The Hall–Kier alpha value is -2.30. The Morgan fingerprint density at radius 3 is 2.79 bits per heavy atom. The van der Waals surface area contributed by atoms with Gasteiger partial charge in [0.05, 0.1) is 15.8 Å². The van der Waals surface area contributed by atoms with E-state index < -0.39 is 11.0 Å². The van der Waals surface area contributed by atoms with Gasteiger partial charge in [-0.05, 0) is 32.0 Å². The van der Waals surface area contributed by atoms with E-state index in [0.29, 0.717) is 39.2 Å². The van der Waals surface area contributed by atoms with Gasteiger partial charge in [-0.1, -0.05) is 35.0 Å². The van der Waals surface area contributed by atoms with Crippen molar-refractivity contribution in [3.8, 4) is 5.75 Å². The second-order valence-corrected chi connectivity index (χ2v) is 7.44.